The Kier molecular flexibility index (Phi) is 2.46. The van der Waals surface area contributed by atoms with Gasteiger partial charge in [0.05, 0.1) is 10.2 Å². The topological polar surface area (TPSA) is 66.0 Å². The van der Waals surface area contributed by atoms with Crippen LogP contribution in [0.3, 0.4) is 0 Å². The number of aromatic hydroxyl groups is 1. The molecule has 3 aromatic heterocycles. The van der Waals surface area contributed by atoms with Crippen LogP contribution >= 0.6 is 27.3 Å². The third-order valence-electron chi connectivity index (χ3n) is 2.85. The summed E-state index contributed by atoms with van der Waals surface area (Å²) in [7, 11) is 0. The van der Waals surface area contributed by atoms with E-state index in [1.807, 2.05) is 19.9 Å². The van der Waals surface area contributed by atoms with E-state index in [0.29, 0.717) is 10.2 Å². The molecule has 0 bridgehead atoms. The van der Waals surface area contributed by atoms with Crippen LogP contribution in [0.4, 0.5) is 0 Å². The van der Waals surface area contributed by atoms with Gasteiger partial charge in [-0.2, -0.15) is 0 Å². The largest absolute Gasteiger partial charge is 0.505 e. The lowest BCUT2D eigenvalue weighted by Gasteiger charge is -2.00. The zero-order valence-electron chi connectivity index (χ0n) is 9.67. The fraction of sp³-hybridized carbons (Fsp3) is 0.167. The van der Waals surface area contributed by atoms with E-state index in [9.17, 15) is 9.90 Å². The Labute approximate surface area is 114 Å². The molecule has 0 radical (unpaired) electrons. The second kappa shape index (κ2) is 3.80. The van der Waals surface area contributed by atoms with Gasteiger partial charge in [0.15, 0.2) is 5.75 Å². The molecule has 4 nitrogen and oxygen atoms in total. The molecule has 0 amide bonds. The quantitative estimate of drug-likeness (QED) is 0.667. The first kappa shape index (κ1) is 11.7. The van der Waals surface area contributed by atoms with Crippen molar-refractivity contribution in [2.75, 3.05) is 0 Å². The number of hydrogen-bond acceptors (Lipinski definition) is 4. The number of nitrogens with one attached hydrogen (secondary N) is 1. The van der Waals surface area contributed by atoms with Crippen LogP contribution in [0, 0.1) is 13.8 Å². The maximum absolute atomic E-state index is 11.7. The maximum Gasteiger partial charge on any atom is 0.266 e. The Morgan fingerprint density at radius 3 is 2.89 bits per heavy atom. The van der Waals surface area contributed by atoms with E-state index in [1.54, 1.807) is 0 Å². The lowest BCUT2D eigenvalue weighted by Crippen LogP contribution is -2.05. The molecule has 0 unspecified atom stereocenters. The van der Waals surface area contributed by atoms with Crippen molar-refractivity contribution in [3.05, 3.63) is 32.2 Å². The summed E-state index contributed by atoms with van der Waals surface area (Å²) in [5.74, 6) is -0.0196. The van der Waals surface area contributed by atoms with Crippen molar-refractivity contribution < 1.29 is 5.11 Å². The molecular weight excluding hydrogens is 316 g/mol. The van der Waals surface area contributed by atoms with Crippen LogP contribution in [0.1, 0.15) is 11.3 Å². The van der Waals surface area contributed by atoms with Crippen LogP contribution < -0.4 is 5.56 Å². The molecule has 3 aromatic rings. The minimum absolute atomic E-state index is 0.0196. The highest BCUT2D eigenvalue weighted by molar-refractivity contribution is 9.10. The zero-order valence-corrected chi connectivity index (χ0v) is 12.1. The average molecular weight is 325 g/mol. The van der Waals surface area contributed by atoms with Gasteiger partial charge < -0.3 is 10.1 Å². The first-order valence-electron chi connectivity index (χ1n) is 5.30. The van der Waals surface area contributed by atoms with Crippen LogP contribution in [0.5, 0.6) is 5.75 Å². The summed E-state index contributed by atoms with van der Waals surface area (Å²) in [6, 6.07) is 1.96. The van der Waals surface area contributed by atoms with Crippen molar-refractivity contribution in [3.8, 4) is 5.75 Å². The van der Waals surface area contributed by atoms with E-state index in [-0.39, 0.29) is 15.8 Å². The van der Waals surface area contributed by atoms with Crippen LogP contribution in [0.2, 0.25) is 0 Å². The highest BCUT2D eigenvalue weighted by Crippen LogP contribution is 2.39. The van der Waals surface area contributed by atoms with Crippen molar-refractivity contribution in [2.45, 2.75) is 13.8 Å². The first-order chi connectivity index (χ1) is 8.49. The van der Waals surface area contributed by atoms with Gasteiger partial charge in [-0.05, 0) is 41.4 Å². The number of thiophene rings is 1. The Morgan fingerprint density at radius 2 is 2.17 bits per heavy atom. The number of aryl methyl sites for hydroxylation is 2. The van der Waals surface area contributed by atoms with Crippen molar-refractivity contribution in [2.24, 2.45) is 0 Å². The van der Waals surface area contributed by atoms with Gasteiger partial charge in [0.25, 0.3) is 5.56 Å². The molecule has 0 aliphatic heterocycles. The van der Waals surface area contributed by atoms with E-state index in [4.69, 9.17) is 0 Å². The maximum atomic E-state index is 11.7. The molecular formula is C12H9BrN2O2S. The van der Waals surface area contributed by atoms with Gasteiger partial charge in [0, 0.05) is 11.1 Å². The fourth-order valence-corrected chi connectivity index (χ4v) is 3.73. The molecule has 0 aromatic carbocycles. The van der Waals surface area contributed by atoms with Crippen molar-refractivity contribution >= 4 is 47.7 Å². The molecule has 0 atom stereocenters. The fourth-order valence-electron chi connectivity index (χ4n) is 2.10. The molecule has 0 saturated carbocycles. The molecule has 92 valence electrons. The SMILES string of the molecule is Cc1cc(C)c2c(n1)sc1c(O)c(Br)c(=O)[nH]c12. The molecule has 0 aliphatic carbocycles. The molecule has 2 N–H and O–H groups in total. The van der Waals surface area contributed by atoms with Crippen molar-refractivity contribution in [1.29, 1.82) is 0 Å². The first-order valence-corrected chi connectivity index (χ1v) is 6.91. The Balaban J connectivity index is 2.65. The zero-order chi connectivity index (χ0) is 13.0. The summed E-state index contributed by atoms with van der Waals surface area (Å²) in [4.78, 5) is 19.8. The van der Waals surface area contributed by atoms with E-state index in [1.165, 1.54) is 11.3 Å². The molecule has 0 spiro atoms. The van der Waals surface area contributed by atoms with Crippen LogP contribution in [-0.2, 0) is 0 Å². The van der Waals surface area contributed by atoms with Gasteiger partial charge in [-0.15, -0.1) is 11.3 Å². The van der Waals surface area contributed by atoms with E-state index in [2.05, 4.69) is 25.9 Å². The second-order valence-electron chi connectivity index (χ2n) is 4.18. The average Bonchev–Trinajstić information content (AvgIpc) is 2.64. The minimum Gasteiger partial charge on any atom is -0.505 e. The third kappa shape index (κ3) is 1.49. The molecule has 0 aliphatic rings. The smallest absolute Gasteiger partial charge is 0.266 e. The number of H-pyrrole nitrogens is 1. The monoisotopic (exact) mass is 324 g/mol. The summed E-state index contributed by atoms with van der Waals surface area (Å²) in [6.07, 6.45) is 0. The van der Waals surface area contributed by atoms with Crippen molar-refractivity contribution in [3.63, 3.8) is 0 Å². The lowest BCUT2D eigenvalue weighted by molar-refractivity contribution is 0.478. The summed E-state index contributed by atoms with van der Waals surface area (Å²) < 4.78 is 0.814. The molecule has 3 heterocycles. The van der Waals surface area contributed by atoms with E-state index >= 15 is 0 Å². The molecule has 0 saturated heterocycles. The number of hydrogen-bond donors (Lipinski definition) is 2. The molecule has 3 rings (SSSR count). The summed E-state index contributed by atoms with van der Waals surface area (Å²) in [6.45, 7) is 3.90. The predicted molar refractivity (Wildman–Crippen MR) is 76.6 cm³/mol. The number of pyridine rings is 2. The molecule has 6 heteroatoms. The Morgan fingerprint density at radius 1 is 1.44 bits per heavy atom. The number of fused-ring (bicyclic) bond motifs is 3. The predicted octanol–water partition coefficient (Wildman–Crippen LogP) is 3.22. The number of halogens is 1. The van der Waals surface area contributed by atoms with Gasteiger partial charge >= 0.3 is 0 Å². The lowest BCUT2D eigenvalue weighted by atomic mass is 10.1. The highest BCUT2D eigenvalue weighted by Gasteiger charge is 2.16. The minimum atomic E-state index is -0.334. The van der Waals surface area contributed by atoms with Gasteiger partial charge in [-0.1, -0.05) is 0 Å². The third-order valence-corrected chi connectivity index (χ3v) is 4.67. The summed E-state index contributed by atoms with van der Waals surface area (Å²) in [5, 5.41) is 10.9. The van der Waals surface area contributed by atoms with Crippen LogP contribution in [-0.4, -0.2) is 15.1 Å². The van der Waals surface area contributed by atoms with Crippen LogP contribution in [0.15, 0.2) is 15.3 Å². The standard InChI is InChI=1S/C12H9BrN2O2S/c1-4-3-5(2)14-12-6(4)8-10(18-12)9(16)7(13)11(17)15-8/h3H,1-2H3,(H2,15,16,17). The Bertz CT molecular complexity index is 851. The Hall–Kier alpha value is -1.40. The van der Waals surface area contributed by atoms with E-state index < -0.39 is 0 Å². The normalized spacial score (nSPS) is 11.5. The van der Waals surface area contributed by atoms with Crippen LogP contribution in [0.25, 0.3) is 20.4 Å². The number of aromatic nitrogens is 2. The van der Waals surface area contributed by atoms with Gasteiger partial charge in [-0.25, -0.2) is 4.98 Å². The molecule has 18 heavy (non-hydrogen) atoms. The van der Waals surface area contributed by atoms with Gasteiger partial charge in [0.2, 0.25) is 0 Å². The summed E-state index contributed by atoms with van der Waals surface area (Å²) >= 11 is 4.46. The molecule has 0 fully saturated rings. The van der Waals surface area contributed by atoms with E-state index in [0.717, 1.165) is 21.5 Å². The number of rotatable bonds is 0. The summed E-state index contributed by atoms with van der Waals surface area (Å²) in [5.41, 5.74) is 2.29. The van der Waals surface area contributed by atoms with Gasteiger partial charge in [0.1, 0.15) is 9.30 Å². The highest BCUT2D eigenvalue weighted by atomic mass is 79.9. The van der Waals surface area contributed by atoms with Crippen molar-refractivity contribution in [1.82, 2.24) is 9.97 Å². The van der Waals surface area contributed by atoms with Gasteiger partial charge in [-0.3, -0.25) is 4.79 Å². The second-order valence-corrected chi connectivity index (χ2v) is 5.98. The number of aromatic amines is 1. The number of nitrogens with zero attached hydrogens (tertiary/aromatic N) is 1.